The number of nitrogens with one attached hydrogen (secondary N) is 1. The number of benzene rings is 2. The van der Waals surface area contributed by atoms with Gasteiger partial charge in [0, 0.05) is 99.1 Å². The van der Waals surface area contributed by atoms with E-state index in [0.717, 1.165) is 59.3 Å². The maximum atomic E-state index is 14.6. The summed E-state index contributed by atoms with van der Waals surface area (Å²) >= 11 is 0. The summed E-state index contributed by atoms with van der Waals surface area (Å²) in [6.45, 7) is 8.97. The summed E-state index contributed by atoms with van der Waals surface area (Å²) in [5.74, 6) is -0.577. The molecule has 2 aromatic carbocycles. The zero-order chi connectivity index (χ0) is 46.7. The van der Waals surface area contributed by atoms with E-state index in [4.69, 9.17) is 5.11 Å². The predicted octanol–water partition coefficient (Wildman–Crippen LogP) is 8.87. The Morgan fingerprint density at radius 3 is 1.44 bits per heavy atom. The van der Waals surface area contributed by atoms with Gasteiger partial charge in [-0.3, -0.25) is 24.5 Å². The first kappa shape index (κ1) is 53.2. The number of pyridine rings is 2. The zero-order valence-electron chi connectivity index (χ0n) is 34.1. The molecule has 23 heteroatoms. The molecule has 2 aliphatic rings. The van der Waals surface area contributed by atoms with Crippen molar-refractivity contribution in [3.05, 3.63) is 107 Å². The second kappa shape index (κ2) is 23.2. The number of amides is 1. The minimum absolute atomic E-state index is 0. The molecule has 2 saturated heterocycles. The van der Waals surface area contributed by atoms with E-state index in [-0.39, 0.29) is 43.2 Å². The van der Waals surface area contributed by atoms with E-state index in [1.165, 1.54) is 6.07 Å². The first-order valence-electron chi connectivity index (χ1n) is 19.1. The van der Waals surface area contributed by atoms with Crippen molar-refractivity contribution in [3.8, 4) is 22.5 Å². The van der Waals surface area contributed by atoms with Crippen LogP contribution in [0.1, 0.15) is 22.5 Å². The molecule has 9 nitrogen and oxygen atoms in total. The molecular weight excluding hydrogens is 890 g/mol. The highest BCUT2D eigenvalue weighted by Gasteiger charge is 2.55. The Hall–Kier alpha value is -5.13. The fourth-order valence-electron chi connectivity index (χ4n) is 6.15. The van der Waals surface area contributed by atoms with E-state index in [9.17, 15) is 61.9 Å². The molecule has 0 spiro atoms. The van der Waals surface area contributed by atoms with Gasteiger partial charge in [0.25, 0.3) is 12.5 Å². The lowest BCUT2D eigenvalue weighted by Gasteiger charge is -2.35. The first-order chi connectivity index (χ1) is 29.4. The number of aliphatic hydroxyl groups excluding tert-OH is 1. The number of piperazine rings is 2. The Balaban J connectivity index is 0.000000291. The minimum atomic E-state index is -5.63. The number of nitrogens with zero attached hydrogens (tertiary/aromatic N) is 5. The molecule has 0 radical (unpaired) electrons. The second-order valence-electron chi connectivity index (χ2n) is 14.4. The third kappa shape index (κ3) is 16.1. The van der Waals surface area contributed by atoms with E-state index in [2.05, 4.69) is 24.9 Å². The lowest BCUT2D eigenvalue weighted by atomic mass is 10.1. The van der Waals surface area contributed by atoms with Crippen molar-refractivity contribution < 1.29 is 76.4 Å². The third-order valence-corrected chi connectivity index (χ3v) is 9.50. The van der Waals surface area contributed by atoms with Gasteiger partial charge in [0.05, 0.1) is 11.4 Å². The van der Waals surface area contributed by atoms with E-state index >= 15 is 0 Å². The monoisotopic (exact) mass is 934 g/mol. The molecule has 0 bridgehead atoms. The van der Waals surface area contributed by atoms with E-state index in [1.807, 2.05) is 56.3 Å². The molecule has 1 atom stereocenters. The Morgan fingerprint density at radius 1 is 0.672 bits per heavy atom. The normalized spacial score (nSPS) is 15.7. The number of alkyl halides is 11. The van der Waals surface area contributed by atoms with Crippen molar-refractivity contribution in [2.24, 2.45) is 0 Å². The van der Waals surface area contributed by atoms with Gasteiger partial charge >= 0.3 is 24.6 Å². The molecule has 2 fully saturated rings. The van der Waals surface area contributed by atoms with Gasteiger partial charge in [-0.1, -0.05) is 36.4 Å². The molecular formula is C41H44F14N6O3. The molecule has 0 saturated carbocycles. The van der Waals surface area contributed by atoms with E-state index in [0.29, 0.717) is 23.4 Å². The molecule has 64 heavy (non-hydrogen) atoms. The number of halogens is 14. The highest BCUT2D eigenvalue weighted by molar-refractivity contribution is 5.68. The Kier molecular flexibility index (Phi) is 19.3. The number of hydrogen-bond donors (Lipinski definition) is 2. The van der Waals surface area contributed by atoms with Crippen molar-refractivity contribution in [1.29, 1.82) is 0 Å². The van der Waals surface area contributed by atoms with Crippen LogP contribution >= 0.6 is 0 Å². The number of carbonyl (C=O) groups is 1. The van der Waals surface area contributed by atoms with Crippen LogP contribution in [0.2, 0.25) is 0 Å². The summed E-state index contributed by atoms with van der Waals surface area (Å²) in [5, 5.41) is 10.8. The van der Waals surface area contributed by atoms with Crippen LogP contribution in [0.5, 0.6) is 0 Å². The number of carbonyl (C=O) groups excluding carboxylic acids is 1. The van der Waals surface area contributed by atoms with E-state index in [1.54, 1.807) is 29.2 Å². The molecule has 1 unspecified atom stereocenters. The molecule has 0 aliphatic carbocycles. The van der Waals surface area contributed by atoms with Crippen LogP contribution in [-0.2, 0) is 17.8 Å². The average Bonchev–Trinajstić information content (AvgIpc) is 3.21. The van der Waals surface area contributed by atoms with Crippen LogP contribution in [0, 0.1) is 25.5 Å². The van der Waals surface area contributed by atoms with Crippen LogP contribution in [0.25, 0.3) is 22.5 Å². The van der Waals surface area contributed by atoms with Crippen LogP contribution in [-0.4, -0.2) is 125 Å². The predicted molar refractivity (Wildman–Crippen MR) is 207 cm³/mol. The van der Waals surface area contributed by atoms with Gasteiger partial charge < -0.3 is 20.1 Å². The smallest absolute Gasteiger partial charge is 0.430 e. The Labute approximate surface area is 358 Å². The van der Waals surface area contributed by atoms with Crippen LogP contribution in [0.4, 0.5) is 66.6 Å². The maximum absolute atomic E-state index is 14.6. The van der Waals surface area contributed by atoms with Gasteiger partial charge in [0.2, 0.25) is 6.10 Å². The zero-order valence-corrected chi connectivity index (χ0v) is 34.1. The van der Waals surface area contributed by atoms with Crippen molar-refractivity contribution in [1.82, 2.24) is 30.0 Å². The summed E-state index contributed by atoms with van der Waals surface area (Å²) in [6.07, 6.45) is -29.6. The van der Waals surface area contributed by atoms with Crippen LogP contribution in [0.3, 0.4) is 0 Å². The average molecular weight is 935 g/mol. The quantitative estimate of drug-likeness (QED) is 0.170. The lowest BCUT2D eigenvalue weighted by molar-refractivity contribution is -0.308. The number of hydrogen-bond acceptors (Lipinski definition) is 8. The molecule has 2 aliphatic heterocycles. The summed E-state index contributed by atoms with van der Waals surface area (Å²) in [4.78, 5) is 25.7. The molecule has 4 heterocycles. The van der Waals surface area contributed by atoms with Crippen molar-refractivity contribution in [3.63, 3.8) is 0 Å². The highest BCUT2D eigenvalue weighted by Crippen LogP contribution is 2.33. The summed E-state index contributed by atoms with van der Waals surface area (Å²) in [7, 11) is 0. The fourth-order valence-corrected chi connectivity index (χ4v) is 6.15. The van der Waals surface area contributed by atoms with Gasteiger partial charge in [0.1, 0.15) is 11.6 Å². The number of ether oxygens (including phenoxy) is 1. The van der Waals surface area contributed by atoms with Crippen LogP contribution in [0.15, 0.2) is 72.8 Å². The van der Waals surface area contributed by atoms with Gasteiger partial charge in [-0.2, -0.15) is 39.5 Å². The molecule has 2 N–H and O–H groups in total. The summed E-state index contributed by atoms with van der Waals surface area (Å²) in [6, 6.07) is 21.4. The molecule has 1 amide bonds. The topological polar surface area (TPSA) is 94.1 Å². The number of rotatable bonds is 8. The molecule has 6 rings (SSSR count). The minimum Gasteiger partial charge on any atom is -0.430 e. The van der Waals surface area contributed by atoms with Crippen molar-refractivity contribution >= 4 is 6.09 Å². The third-order valence-electron chi connectivity index (χ3n) is 9.50. The van der Waals surface area contributed by atoms with Gasteiger partial charge in [0.15, 0.2) is 0 Å². The first-order valence-corrected chi connectivity index (χ1v) is 19.1. The second-order valence-corrected chi connectivity index (χ2v) is 14.4. The van der Waals surface area contributed by atoms with Gasteiger partial charge in [-0.15, -0.1) is 0 Å². The standard InChI is InChI=1S/C21H21F6N3O2.C17H20FN3.C3H2F6O.FH/c1-13-3-2-4-17(28-13)14-5-6-15(16(22)11-14)12-29-7-9-30(10-8-29)20(31)32-18(19(23)24)21(25,26)27;1-13-3-2-4-17(20-13)14-5-6-15(16(18)11-14)12-21-9-7-19-8-10-21;4-2(5,6)1(10)3(7,8)9;/h2-6,11,18-19H,7-10,12H2,1H3;2-6,11,19H,7-10,12H2,1H3;1,10H;1H. The van der Waals surface area contributed by atoms with Crippen LogP contribution < -0.4 is 5.32 Å². The van der Waals surface area contributed by atoms with Crippen molar-refractivity contribution in [2.45, 2.75) is 64.1 Å². The van der Waals surface area contributed by atoms with Crippen molar-refractivity contribution in [2.75, 3.05) is 52.4 Å². The maximum Gasteiger partial charge on any atom is 0.431 e. The van der Waals surface area contributed by atoms with Gasteiger partial charge in [-0.25, -0.2) is 22.4 Å². The number of aryl methyl sites for hydroxylation is 2. The Bertz CT molecular complexity index is 2080. The molecule has 354 valence electrons. The lowest BCUT2D eigenvalue weighted by Crippen LogP contribution is -2.51. The number of aliphatic hydroxyl groups is 1. The fraction of sp³-hybridized carbons (Fsp3) is 0.439. The molecule has 4 aromatic rings. The van der Waals surface area contributed by atoms with E-state index < -0.39 is 49.1 Å². The summed E-state index contributed by atoms with van der Waals surface area (Å²) in [5.41, 5.74) is 5.84. The highest BCUT2D eigenvalue weighted by atomic mass is 19.4. The SMILES string of the molecule is Cc1cccc(-c2ccc(CN3CCN(C(=O)OC(C(F)F)C(F)(F)F)CC3)c(F)c2)n1.Cc1cccc(-c2ccc(CN3CCNCC3)c(F)c2)n1.F.OC(C(F)(F)F)C(F)(F)F. The number of aromatic nitrogens is 2. The largest absolute Gasteiger partial charge is 0.431 e. The van der Waals surface area contributed by atoms with Gasteiger partial charge in [-0.05, 0) is 50.2 Å². The Morgan fingerprint density at radius 2 is 1.09 bits per heavy atom. The summed E-state index contributed by atoms with van der Waals surface area (Å²) < 4.78 is 162. The molecule has 2 aromatic heterocycles.